The lowest BCUT2D eigenvalue weighted by molar-refractivity contribution is -0.278. The molecule has 0 spiro atoms. The number of aliphatic hydroxyl groups is 4. The van der Waals surface area contributed by atoms with Crippen LogP contribution in [-0.4, -0.2) is 90.6 Å². The first-order valence-electron chi connectivity index (χ1n) is 11.0. The van der Waals surface area contributed by atoms with Crippen molar-refractivity contribution in [1.82, 2.24) is 0 Å². The molecular formula is C23H30O12. The minimum absolute atomic E-state index is 0.00510. The van der Waals surface area contributed by atoms with E-state index in [0.29, 0.717) is 24.8 Å². The van der Waals surface area contributed by atoms with Gasteiger partial charge in [-0.2, -0.15) is 0 Å². The zero-order valence-electron chi connectivity index (χ0n) is 19.2. The molecule has 194 valence electrons. The van der Waals surface area contributed by atoms with Crippen LogP contribution in [0.25, 0.3) is 0 Å². The maximum atomic E-state index is 12.5. The molecule has 1 aromatic rings. The van der Waals surface area contributed by atoms with Gasteiger partial charge in [-0.15, -0.1) is 0 Å². The topological polar surface area (TPSA) is 203 Å². The third-order valence-electron chi connectivity index (χ3n) is 6.25. The number of aromatic carboxylic acids is 1. The Kier molecular flexibility index (Phi) is 7.92. The summed E-state index contributed by atoms with van der Waals surface area (Å²) in [6.45, 7) is 2.90. The number of carboxylic acids is 1. The average molecular weight is 498 g/mol. The Bertz CT molecular complexity index is 958. The highest BCUT2D eigenvalue weighted by atomic mass is 16.7. The molecule has 12 nitrogen and oxygen atoms in total. The summed E-state index contributed by atoms with van der Waals surface area (Å²) in [5.74, 6) is -4.24. The summed E-state index contributed by atoms with van der Waals surface area (Å²) in [6, 6.07) is 1.61. The number of allylic oxidation sites excluding steroid dienone is 1. The van der Waals surface area contributed by atoms with Crippen molar-refractivity contribution in [2.45, 2.75) is 69.4 Å². The number of hydrogen-bond acceptors (Lipinski definition) is 11. The van der Waals surface area contributed by atoms with E-state index in [1.54, 1.807) is 19.9 Å². The Balaban J connectivity index is 1.66. The highest BCUT2D eigenvalue weighted by Gasteiger charge is 2.46. The highest BCUT2D eigenvalue weighted by Crippen LogP contribution is 2.39. The molecule has 12 heteroatoms. The van der Waals surface area contributed by atoms with E-state index in [1.165, 1.54) is 0 Å². The molecule has 7 N–H and O–H groups in total. The number of phenols is 2. The number of hydrogen-bond donors (Lipinski definition) is 7. The lowest BCUT2D eigenvalue weighted by Crippen LogP contribution is -2.60. The van der Waals surface area contributed by atoms with Crippen molar-refractivity contribution in [3.63, 3.8) is 0 Å². The van der Waals surface area contributed by atoms with Gasteiger partial charge in [0.05, 0.1) is 11.2 Å². The Morgan fingerprint density at radius 2 is 1.71 bits per heavy atom. The van der Waals surface area contributed by atoms with Gasteiger partial charge in [0.25, 0.3) is 0 Å². The second kappa shape index (κ2) is 10.4. The number of phenolic OH excluding ortho intramolecular Hbond substituents is 2. The average Bonchev–Trinajstić information content (AvgIpc) is 2.79. The fourth-order valence-corrected chi connectivity index (χ4v) is 4.02. The van der Waals surface area contributed by atoms with Crippen LogP contribution >= 0.6 is 0 Å². The van der Waals surface area contributed by atoms with Crippen molar-refractivity contribution in [2.75, 3.05) is 6.61 Å². The van der Waals surface area contributed by atoms with Gasteiger partial charge >= 0.3 is 11.9 Å². The van der Waals surface area contributed by atoms with Crippen LogP contribution in [0.5, 0.6) is 17.2 Å². The van der Waals surface area contributed by atoms with Gasteiger partial charge in [-0.1, -0.05) is 6.08 Å². The summed E-state index contributed by atoms with van der Waals surface area (Å²) in [5.41, 5.74) is -0.907. The summed E-state index contributed by atoms with van der Waals surface area (Å²) < 4.78 is 15.9. The molecule has 0 bridgehead atoms. The fourth-order valence-electron chi connectivity index (χ4n) is 4.02. The smallest absolute Gasteiger partial charge is 0.335 e. The lowest BCUT2D eigenvalue weighted by Gasteiger charge is -2.40. The number of ether oxygens (including phenoxy) is 3. The van der Waals surface area contributed by atoms with Gasteiger partial charge in [-0.3, -0.25) is 0 Å². The number of aromatic hydroxyl groups is 2. The van der Waals surface area contributed by atoms with Crippen LogP contribution in [0, 0.1) is 5.92 Å². The van der Waals surface area contributed by atoms with E-state index in [1.807, 2.05) is 0 Å². The van der Waals surface area contributed by atoms with Crippen molar-refractivity contribution >= 4 is 11.9 Å². The Labute approximate surface area is 200 Å². The number of carboxylic acid groups (broad SMARTS) is 1. The SMILES string of the molecule is CC(C)(O)[C@H]1CC=C(C(=O)OC[C@@H]2O[C@@H](Oc3c(O)cc(C(=O)O)cc3O)[C@@H](O)[C@@H](O)[C@@H]2O)CC1. The minimum atomic E-state index is -1.82. The first kappa shape index (κ1) is 26.7. The van der Waals surface area contributed by atoms with Gasteiger partial charge in [-0.25, -0.2) is 9.59 Å². The van der Waals surface area contributed by atoms with E-state index >= 15 is 0 Å². The van der Waals surface area contributed by atoms with Crippen molar-refractivity contribution in [2.24, 2.45) is 5.92 Å². The van der Waals surface area contributed by atoms with Gasteiger partial charge in [-0.05, 0) is 51.2 Å². The predicted molar refractivity (Wildman–Crippen MR) is 117 cm³/mol. The molecule has 35 heavy (non-hydrogen) atoms. The van der Waals surface area contributed by atoms with E-state index < -0.39 is 77.7 Å². The molecule has 3 rings (SSSR count). The summed E-state index contributed by atoms with van der Waals surface area (Å²) in [6.07, 6.45) is -5.18. The Morgan fingerprint density at radius 1 is 1.09 bits per heavy atom. The van der Waals surface area contributed by atoms with Crippen LogP contribution < -0.4 is 4.74 Å². The second-order valence-electron chi connectivity index (χ2n) is 9.23. The summed E-state index contributed by atoms with van der Waals surface area (Å²) in [5, 5.41) is 69.8. The van der Waals surface area contributed by atoms with Gasteiger partial charge in [0.2, 0.25) is 12.0 Å². The molecule has 1 aliphatic heterocycles. The van der Waals surface area contributed by atoms with E-state index in [0.717, 1.165) is 12.1 Å². The molecule has 1 aromatic carbocycles. The third-order valence-corrected chi connectivity index (χ3v) is 6.25. The molecule has 0 amide bonds. The van der Waals surface area contributed by atoms with Crippen LogP contribution in [-0.2, 0) is 14.3 Å². The minimum Gasteiger partial charge on any atom is -0.504 e. The zero-order valence-corrected chi connectivity index (χ0v) is 19.2. The van der Waals surface area contributed by atoms with E-state index in [2.05, 4.69) is 0 Å². The quantitative estimate of drug-likeness (QED) is 0.249. The molecular weight excluding hydrogens is 468 g/mol. The fraction of sp³-hybridized carbons (Fsp3) is 0.565. The van der Waals surface area contributed by atoms with Crippen molar-refractivity contribution < 1.29 is 59.5 Å². The zero-order chi connectivity index (χ0) is 26.1. The molecule has 1 aliphatic carbocycles. The normalized spacial score (nSPS) is 29.3. The second-order valence-corrected chi connectivity index (χ2v) is 9.23. The maximum Gasteiger partial charge on any atom is 0.335 e. The lowest BCUT2D eigenvalue weighted by atomic mass is 9.79. The van der Waals surface area contributed by atoms with E-state index in [9.17, 15) is 40.2 Å². The first-order valence-corrected chi connectivity index (χ1v) is 11.0. The van der Waals surface area contributed by atoms with Gasteiger partial charge in [0, 0.05) is 5.57 Å². The van der Waals surface area contributed by atoms with Crippen molar-refractivity contribution in [1.29, 1.82) is 0 Å². The Morgan fingerprint density at radius 3 is 2.23 bits per heavy atom. The number of aliphatic hydroxyl groups excluding tert-OH is 3. The van der Waals surface area contributed by atoms with Crippen LogP contribution in [0.3, 0.4) is 0 Å². The number of rotatable bonds is 7. The van der Waals surface area contributed by atoms with Crippen molar-refractivity contribution in [3.05, 3.63) is 29.3 Å². The molecule has 0 saturated carbocycles. The van der Waals surface area contributed by atoms with Gasteiger partial charge in [0.1, 0.15) is 31.0 Å². The molecule has 0 unspecified atom stereocenters. The molecule has 0 radical (unpaired) electrons. The molecule has 1 heterocycles. The van der Waals surface area contributed by atoms with Crippen molar-refractivity contribution in [3.8, 4) is 17.2 Å². The molecule has 2 aliphatic rings. The van der Waals surface area contributed by atoms with E-state index in [-0.39, 0.29) is 5.92 Å². The van der Waals surface area contributed by atoms with Crippen LogP contribution in [0.2, 0.25) is 0 Å². The number of benzene rings is 1. The first-order chi connectivity index (χ1) is 16.3. The molecule has 1 fully saturated rings. The summed E-state index contributed by atoms with van der Waals surface area (Å²) in [7, 11) is 0. The van der Waals surface area contributed by atoms with Crippen LogP contribution in [0.15, 0.2) is 23.8 Å². The van der Waals surface area contributed by atoms with Crippen LogP contribution in [0.1, 0.15) is 43.5 Å². The largest absolute Gasteiger partial charge is 0.504 e. The predicted octanol–water partition coefficient (Wildman–Crippen LogP) is 0.0230. The van der Waals surface area contributed by atoms with Gasteiger partial charge in [0.15, 0.2) is 11.5 Å². The van der Waals surface area contributed by atoms with Crippen LogP contribution in [0.4, 0.5) is 0 Å². The van der Waals surface area contributed by atoms with E-state index in [4.69, 9.17) is 19.3 Å². The molecule has 0 aromatic heterocycles. The number of carbonyl (C=O) groups excluding carboxylic acids is 1. The maximum absolute atomic E-state index is 12.5. The molecule has 6 atom stereocenters. The Hall–Kier alpha value is -2.90. The van der Waals surface area contributed by atoms with Gasteiger partial charge < -0.3 is 50.0 Å². The standard InChI is InChI=1S/C23H30O12/c1-23(2,32)12-5-3-10(4-6-12)21(31)33-9-15-16(26)17(27)18(28)22(34-15)35-19-13(24)7-11(20(29)30)8-14(19)25/h3,7-8,12,15-18,22,24-28,32H,4-6,9H2,1-2H3,(H,29,30)/t12-,15-,16+,17-,18-,22-/m0/s1. The monoisotopic (exact) mass is 498 g/mol. The highest BCUT2D eigenvalue weighted by molar-refractivity contribution is 5.89. The summed E-state index contributed by atoms with van der Waals surface area (Å²) >= 11 is 0. The number of esters is 1. The number of carbonyl (C=O) groups is 2. The molecule has 1 saturated heterocycles. The summed E-state index contributed by atoms with van der Waals surface area (Å²) in [4.78, 5) is 23.5. The third kappa shape index (κ3) is 6.03.